The van der Waals surface area contributed by atoms with Crippen molar-refractivity contribution in [3.05, 3.63) is 71.4 Å². The van der Waals surface area contributed by atoms with Gasteiger partial charge in [-0.2, -0.15) is 0 Å². The molecule has 7 nitrogen and oxygen atoms in total. The fourth-order valence-electron chi connectivity index (χ4n) is 5.04. The summed E-state index contributed by atoms with van der Waals surface area (Å²) in [5.41, 5.74) is 9.12. The fourth-order valence-corrected chi connectivity index (χ4v) is 5.04. The van der Waals surface area contributed by atoms with Gasteiger partial charge in [-0.3, -0.25) is 14.4 Å². The van der Waals surface area contributed by atoms with Crippen LogP contribution in [0, 0.1) is 5.92 Å². The summed E-state index contributed by atoms with van der Waals surface area (Å²) in [6.45, 7) is 1.41. The predicted molar refractivity (Wildman–Crippen MR) is 121 cm³/mol. The molecule has 0 saturated carbocycles. The van der Waals surface area contributed by atoms with Crippen molar-refractivity contribution in [3.8, 4) is 0 Å². The number of hydrogen-bond donors (Lipinski definition) is 2. The molecule has 0 unspecified atom stereocenters. The normalized spacial score (nSPS) is 18.9. The number of para-hydroxylation sites is 1. The molecule has 1 fully saturated rings. The van der Waals surface area contributed by atoms with Crippen molar-refractivity contribution < 1.29 is 14.4 Å². The first-order valence-electron chi connectivity index (χ1n) is 11.1. The van der Waals surface area contributed by atoms with Gasteiger partial charge < -0.3 is 20.5 Å². The smallest absolute Gasteiger partial charge is 0.255 e. The summed E-state index contributed by atoms with van der Waals surface area (Å²) in [7, 11) is 0. The van der Waals surface area contributed by atoms with E-state index in [4.69, 9.17) is 5.73 Å². The molecule has 1 aromatic heterocycles. The zero-order chi connectivity index (χ0) is 22.2. The molecule has 1 saturated heterocycles. The molecule has 1 atom stereocenters. The first-order chi connectivity index (χ1) is 15.5. The first-order valence-corrected chi connectivity index (χ1v) is 11.1. The number of rotatable bonds is 5. The monoisotopic (exact) mass is 430 g/mol. The Morgan fingerprint density at radius 1 is 1.00 bits per heavy atom. The van der Waals surface area contributed by atoms with Crippen LogP contribution in [0.4, 0.5) is 0 Å². The number of nitrogens with zero attached hydrogens (tertiary/aromatic N) is 2. The number of nitrogens with one attached hydrogen (secondary N) is 1. The van der Waals surface area contributed by atoms with Gasteiger partial charge in [-0.25, -0.2) is 0 Å². The zero-order valence-corrected chi connectivity index (χ0v) is 17.8. The van der Waals surface area contributed by atoms with Crippen LogP contribution in [0.1, 0.15) is 46.8 Å². The Morgan fingerprint density at radius 3 is 2.50 bits per heavy atom. The lowest BCUT2D eigenvalue weighted by atomic mass is 9.96. The van der Waals surface area contributed by atoms with E-state index in [2.05, 4.69) is 11.1 Å². The number of carbonyl (C=O) groups is 3. The minimum Gasteiger partial charge on any atom is -0.369 e. The number of H-pyrrole nitrogens is 1. The Bertz CT molecular complexity index is 1190. The van der Waals surface area contributed by atoms with Crippen molar-refractivity contribution in [2.75, 3.05) is 19.6 Å². The third kappa shape index (κ3) is 3.43. The van der Waals surface area contributed by atoms with Gasteiger partial charge in [0.25, 0.3) is 5.91 Å². The second-order valence-corrected chi connectivity index (χ2v) is 8.59. The van der Waals surface area contributed by atoms with Gasteiger partial charge in [-0.15, -0.1) is 0 Å². The van der Waals surface area contributed by atoms with Crippen LogP contribution >= 0.6 is 0 Å². The van der Waals surface area contributed by atoms with Crippen molar-refractivity contribution in [2.45, 2.75) is 25.3 Å². The second-order valence-electron chi connectivity index (χ2n) is 8.59. The topological polar surface area (TPSA) is 99.5 Å². The van der Waals surface area contributed by atoms with E-state index >= 15 is 0 Å². The molecule has 0 bridgehead atoms. The van der Waals surface area contributed by atoms with Gasteiger partial charge >= 0.3 is 0 Å². The number of likely N-dealkylation sites (tertiary alicyclic amines) is 1. The van der Waals surface area contributed by atoms with Gasteiger partial charge in [0.1, 0.15) is 0 Å². The van der Waals surface area contributed by atoms with Crippen LogP contribution < -0.4 is 5.73 Å². The molecule has 3 N–H and O–H groups in total. The molecule has 5 rings (SSSR count). The highest BCUT2D eigenvalue weighted by atomic mass is 16.2. The molecule has 2 aliphatic rings. The van der Waals surface area contributed by atoms with Crippen molar-refractivity contribution in [1.82, 2.24) is 14.8 Å². The third-order valence-electron chi connectivity index (χ3n) is 6.79. The zero-order valence-electron chi connectivity index (χ0n) is 17.8. The number of benzene rings is 2. The van der Waals surface area contributed by atoms with Crippen molar-refractivity contribution in [1.29, 1.82) is 0 Å². The number of fused-ring (bicyclic) bond motifs is 2. The number of hydrogen-bond acceptors (Lipinski definition) is 3. The molecule has 3 heterocycles. The maximum absolute atomic E-state index is 13.3. The summed E-state index contributed by atoms with van der Waals surface area (Å²) < 4.78 is 0. The highest BCUT2D eigenvalue weighted by Crippen LogP contribution is 2.41. The van der Waals surface area contributed by atoms with Crippen LogP contribution in [0.3, 0.4) is 0 Å². The maximum atomic E-state index is 13.3. The maximum Gasteiger partial charge on any atom is 0.255 e. The lowest BCUT2D eigenvalue weighted by Crippen LogP contribution is -2.43. The Kier molecular flexibility index (Phi) is 5.17. The molecule has 0 aliphatic carbocycles. The highest BCUT2D eigenvalue weighted by Gasteiger charge is 2.38. The number of aromatic nitrogens is 1. The van der Waals surface area contributed by atoms with E-state index < -0.39 is 0 Å². The van der Waals surface area contributed by atoms with Gasteiger partial charge in [-0.05, 0) is 30.5 Å². The number of piperidine rings is 1. The van der Waals surface area contributed by atoms with E-state index in [0.717, 1.165) is 22.0 Å². The Hall–Kier alpha value is -3.61. The molecule has 3 aromatic rings. The number of carbonyl (C=O) groups excluding carboxylic acids is 3. The minimum atomic E-state index is -0.293. The van der Waals surface area contributed by atoms with E-state index in [-0.39, 0.29) is 36.1 Å². The fraction of sp³-hybridized carbons (Fsp3) is 0.320. The van der Waals surface area contributed by atoms with Gasteiger partial charge in [0, 0.05) is 60.2 Å². The molecule has 0 spiro atoms. The number of nitrogens with two attached hydrogens (primary N) is 1. The summed E-state index contributed by atoms with van der Waals surface area (Å²) in [5.74, 6) is -0.482. The summed E-state index contributed by atoms with van der Waals surface area (Å²) in [4.78, 5) is 44.5. The Morgan fingerprint density at radius 2 is 1.72 bits per heavy atom. The molecular formula is C25H26N4O3. The number of amides is 3. The summed E-state index contributed by atoms with van der Waals surface area (Å²) in [6, 6.07) is 15.5. The molecule has 7 heteroatoms. The van der Waals surface area contributed by atoms with Crippen molar-refractivity contribution >= 4 is 28.6 Å². The van der Waals surface area contributed by atoms with E-state index in [9.17, 15) is 14.4 Å². The van der Waals surface area contributed by atoms with Crippen LogP contribution in [0.5, 0.6) is 0 Å². The van der Waals surface area contributed by atoms with E-state index in [1.807, 2.05) is 53.6 Å². The van der Waals surface area contributed by atoms with Gasteiger partial charge in [0.15, 0.2) is 0 Å². The Balaban J connectivity index is 1.37. The molecule has 164 valence electrons. The van der Waals surface area contributed by atoms with Crippen LogP contribution in [0.25, 0.3) is 10.9 Å². The summed E-state index contributed by atoms with van der Waals surface area (Å²) in [5, 5.41) is 1.08. The van der Waals surface area contributed by atoms with Crippen molar-refractivity contribution in [2.24, 2.45) is 11.7 Å². The standard InChI is InChI=1S/C25H26N4O3/c26-24(31)16-9-12-28(13-10-16)22(30)11-14-29-23(18-6-1-2-7-19(18)25(29)32)20-15-27-21-8-4-3-5-17(20)21/h1-8,15-16,23,27H,9-14H2,(H2,26,31)/t23-/m1/s1. The Labute approximate surface area is 186 Å². The van der Waals surface area contributed by atoms with Crippen molar-refractivity contribution in [3.63, 3.8) is 0 Å². The average molecular weight is 431 g/mol. The second kappa shape index (κ2) is 8.15. The third-order valence-corrected chi connectivity index (χ3v) is 6.79. The molecule has 2 aliphatic heterocycles. The average Bonchev–Trinajstić information content (AvgIpc) is 3.36. The van der Waals surface area contributed by atoms with E-state index in [0.29, 0.717) is 38.0 Å². The van der Waals surface area contributed by atoms with E-state index in [1.54, 1.807) is 4.90 Å². The first kappa shape index (κ1) is 20.3. The summed E-state index contributed by atoms with van der Waals surface area (Å²) in [6.07, 6.45) is 3.42. The lowest BCUT2D eigenvalue weighted by molar-refractivity contribution is -0.135. The molecule has 3 amide bonds. The quantitative estimate of drug-likeness (QED) is 0.651. The molecule has 2 aromatic carbocycles. The largest absolute Gasteiger partial charge is 0.369 e. The SMILES string of the molecule is NC(=O)C1CCN(C(=O)CCN2C(=O)c3ccccc3[C@@H]2c2c[nH]c3ccccc23)CC1. The molecule has 0 radical (unpaired) electrons. The van der Waals surface area contributed by atoms with E-state index in [1.165, 1.54) is 0 Å². The van der Waals surface area contributed by atoms with Gasteiger partial charge in [0.2, 0.25) is 11.8 Å². The van der Waals surface area contributed by atoms with Crippen LogP contribution in [0.2, 0.25) is 0 Å². The van der Waals surface area contributed by atoms with Crippen LogP contribution in [-0.2, 0) is 9.59 Å². The molecular weight excluding hydrogens is 404 g/mol. The lowest BCUT2D eigenvalue weighted by Gasteiger charge is -2.32. The number of primary amides is 1. The highest BCUT2D eigenvalue weighted by molar-refractivity contribution is 6.01. The number of aromatic amines is 1. The molecule has 32 heavy (non-hydrogen) atoms. The van der Waals surface area contributed by atoms with Crippen LogP contribution in [-0.4, -0.2) is 52.1 Å². The van der Waals surface area contributed by atoms with Crippen LogP contribution in [0.15, 0.2) is 54.7 Å². The predicted octanol–water partition coefficient (Wildman–Crippen LogP) is 2.83. The van der Waals surface area contributed by atoms with Gasteiger partial charge in [-0.1, -0.05) is 36.4 Å². The minimum absolute atomic E-state index is 0.00866. The van der Waals surface area contributed by atoms with Gasteiger partial charge in [0.05, 0.1) is 6.04 Å². The summed E-state index contributed by atoms with van der Waals surface area (Å²) >= 11 is 0.